The molecule has 3 aromatic rings. The highest BCUT2D eigenvalue weighted by molar-refractivity contribution is 6.08. The number of aromatic carboxylic acids is 1. The SMILES string of the molecule is CCCC(C)NC(=O)C1(C(=O)NC(CCCNC(N)=O)C(=O)Nc2ccc(COC(=O)N3CCN(c4cc5c(cc4F)c(=O)c(C(=O)O)cn5CC)CC3)cc2)CCC1. The minimum atomic E-state index is -1.39. The van der Waals surface area contributed by atoms with Crippen molar-refractivity contribution < 1.29 is 43.0 Å². The molecule has 2 aromatic carbocycles. The highest BCUT2D eigenvalue weighted by Crippen LogP contribution is 2.42. The third-order valence-corrected chi connectivity index (χ3v) is 10.9. The fourth-order valence-corrected chi connectivity index (χ4v) is 7.37. The number of ether oxygens (including phenoxy) is 1. The Morgan fingerprint density at radius 1 is 0.966 bits per heavy atom. The lowest BCUT2D eigenvalue weighted by molar-refractivity contribution is -0.151. The van der Waals surface area contributed by atoms with Gasteiger partial charge in [-0.2, -0.15) is 0 Å². The van der Waals surface area contributed by atoms with Crippen LogP contribution in [0.1, 0.15) is 81.6 Å². The standard InChI is InChI=1S/C41H53FN8O9/c1-4-8-25(3)45-37(55)41(14-7-15-41)38(56)47-31(9-6-16-44-39(43)57)35(52)46-27-12-10-26(11-13-27)24-59-40(58)50-19-17-49(18-20-50)33-22-32-28(21-30(33)42)34(51)29(36(53)54)23-48(32)5-2/h10-13,21-23,25,31H,4-9,14-20,24H2,1-3H3,(H,45,55)(H,46,52)(H,47,56)(H,53,54)(H3,43,44,57). The van der Waals surface area contributed by atoms with Crippen molar-refractivity contribution in [1.29, 1.82) is 0 Å². The molecule has 1 aliphatic carbocycles. The van der Waals surface area contributed by atoms with Gasteiger partial charge in [-0.15, -0.1) is 0 Å². The first-order chi connectivity index (χ1) is 28.2. The van der Waals surface area contributed by atoms with Gasteiger partial charge in [0.2, 0.25) is 23.2 Å². The number of nitrogens with one attached hydrogen (secondary N) is 4. The summed E-state index contributed by atoms with van der Waals surface area (Å²) in [5, 5.41) is 20.4. The van der Waals surface area contributed by atoms with E-state index in [-0.39, 0.29) is 68.8 Å². The van der Waals surface area contributed by atoms with Crippen LogP contribution < -0.4 is 37.3 Å². The van der Waals surface area contributed by atoms with Crippen molar-refractivity contribution in [3.63, 3.8) is 0 Å². The Bertz CT molecular complexity index is 2110. The Morgan fingerprint density at radius 2 is 1.64 bits per heavy atom. The number of piperazine rings is 1. The molecule has 6 amide bonds. The number of urea groups is 1. The van der Waals surface area contributed by atoms with Crippen molar-refractivity contribution >= 4 is 58.1 Å². The molecule has 2 fully saturated rings. The molecule has 59 heavy (non-hydrogen) atoms. The zero-order chi connectivity index (χ0) is 42.9. The number of amides is 6. The number of nitrogens with zero attached hydrogens (tertiary/aromatic N) is 3. The van der Waals surface area contributed by atoms with Gasteiger partial charge in [0, 0.05) is 62.6 Å². The Kier molecular flexibility index (Phi) is 14.5. The molecule has 7 N–H and O–H groups in total. The average Bonchev–Trinajstić information content (AvgIpc) is 3.18. The summed E-state index contributed by atoms with van der Waals surface area (Å²) in [6, 6.07) is 7.37. The van der Waals surface area contributed by atoms with Gasteiger partial charge in [-0.05, 0) is 75.8 Å². The van der Waals surface area contributed by atoms with E-state index in [0.717, 1.165) is 18.9 Å². The van der Waals surface area contributed by atoms with Gasteiger partial charge >= 0.3 is 18.1 Å². The third kappa shape index (κ3) is 10.5. The molecular formula is C41H53FN8O9. The minimum Gasteiger partial charge on any atom is -0.477 e. The number of carboxylic acids is 1. The van der Waals surface area contributed by atoms with Gasteiger partial charge in [0.15, 0.2) is 0 Å². The molecule has 17 nitrogen and oxygen atoms in total. The molecule has 0 bridgehead atoms. The molecule has 318 valence electrons. The number of aromatic nitrogens is 1. The number of carbonyl (C=O) groups excluding carboxylic acids is 5. The maximum Gasteiger partial charge on any atom is 0.410 e. The van der Waals surface area contributed by atoms with Gasteiger partial charge in [-0.1, -0.05) is 31.9 Å². The number of fused-ring (bicyclic) bond motifs is 1. The number of hydrogen-bond donors (Lipinski definition) is 6. The van der Waals surface area contributed by atoms with Crippen molar-refractivity contribution in [1.82, 2.24) is 25.4 Å². The highest BCUT2D eigenvalue weighted by Gasteiger charge is 2.51. The average molecular weight is 821 g/mol. The molecule has 2 atom stereocenters. The Morgan fingerprint density at radius 3 is 2.24 bits per heavy atom. The third-order valence-electron chi connectivity index (χ3n) is 10.9. The van der Waals surface area contributed by atoms with Crippen molar-refractivity contribution in [3.05, 3.63) is 69.8 Å². The zero-order valence-electron chi connectivity index (χ0n) is 33.6. The number of rotatable bonds is 17. The predicted molar refractivity (Wildman–Crippen MR) is 217 cm³/mol. The van der Waals surface area contributed by atoms with Crippen LogP contribution in [-0.2, 0) is 32.3 Å². The van der Waals surface area contributed by atoms with Crippen LogP contribution in [0.5, 0.6) is 0 Å². The lowest BCUT2D eigenvalue weighted by atomic mass is 9.67. The molecule has 0 radical (unpaired) electrons. The molecule has 1 saturated heterocycles. The second-order valence-electron chi connectivity index (χ2n) is 15.1. The summed E-state index contributed by atoms with van der Waals surface area (Å²) in [6.45, 7) is 7.21. The van der Waals surface area contributed by atoms with E-state index in [0.29, 0.717) is 49.0 Å². The zero-order valence-corrected chi connectivity index (χ0v) is 33.6. The molecular weight excluding hydrogens is 767 g/mol. The fourth-order valence-electron chi connectivity index (χ4n) is 7.37. The molecule has 2 unspecified atom stereocenters. The van der Waals surface area contributed by atoms with Gasteiger partial charge in [0.1, 0.15) is 29.4 Å². The van der Waals surface area contributed by atoms with Gasteiger partial charge in [0.05, 0.1) is 11.2 Å². The van der Waals surface area contributed by atoms with E-state index in [1.807, 2.05) is 13.8 Å². The lowest BCUT2D eigenvalue weighted by Gasteiger charge is -2.40. The number of primary amides is 1. The molecule has 2 aliphatic rings. The van der Waals surface area contributed by atoms with Crippen LogP contribution in [0.3, 0.4) is 0 Å². The lowest BCUT2D eigenvalue weighted by Crippen LogP contribution is -2.59. The first-order valence-electron chi connectivity index (χ1n) is 20.0. The number of halogens is 1. The first-order valence-corrected chi connectivity index (χ1v) is 20.0. The van der Waals surface area contributed by atoms with Gasteiger partial charge in [-0.25, -0.2) is 18.8 Å². The Balaban J connectivity index is 1.15. The van der Waals surface area contributed by atoms with E-state index >= 15 is 4.39 Å². The van der Waals surface area contributed by atoms with Gasteiger partial charge < -0.3 is 51.2 Å². The summed E-state index contributed by atoms with van der Waals surface area (Å²) >= 11 is 0. The van der Waals surface area contributed by atoms with Crippen molar-refractivity contribution in [2.75, 3.05) is 42.9 Å². The van der Waals surface area contributed by atoms with Crippen molar-refractivity contribution in [2.45, 2.75) is 91.0 Å². The number of anilines is 2. The van der Waals surface area contributed by atoms with E-state index in [1.54, 1.807) is 40.7 Å². The van der Waals surface area contributed by atoms with Crippen LogP contribution in [0.15, 0.2) is 47.4 Å². The van der Waals surface area contributed by atoms with Crippen LogP contribution in [0.2, 0.25) is 0 Å². The smallest absolute Gasteiger partial charge is 0.410 e. The van der Waals surface area contributed by atoms with E-state index in [2.05, 4.69) is 21.3 Å². The highest BCUT2D eigenvalue weighted by atomic mass is 19.1. The summed E-state index contributed by atoms with van der Waals surface area (Å²) in [5.74, 6) is -3.44. The molecule has 1 aliphatic heterocycles. The normalized spacial score (nSPS) is 15.7. The number of aryl methyl sites for hydroxylation is 1. The fraction of sp³-hybridized carbons (Fsp3) is 0.488. The summed E-state index contributed by atoms with van der Waals surface area (Å²) in [6.07, 6.45) is 4.28. The van der Waals surface area contributed by atoms with Crippen LogP contribution in [0.4, 0.5) is 25.4 Å². The molecule has 1 aromatic heterocycles. The number of carbonyl (C=O) groups is 6. The van der Waals surface area contributed by atoms with Crippen LogP contribution in [-0.4, -0.2) is 95.2 Å². The molecule has 2 heterocycles. The summed E-state index contributed by atoms with van der Waals surface area (Å²) in [7, 11) is 0. The van der Waals surface area contributed by atoms with Crippen LogP contribution in [0, 0.1) is 11.2 Å². The number of carboxylic acid groups (broad SMARTS) is 1. The predicted octanol–water partition coefficient (Wildman–Crippen LogP) is 3.66. The quantitative estimate of drug-likeness (QED) is 0.0854. The number of hydrogen-bond acceptors (Lipinski definition) is 9. The van der Waals surface area contributed by atoms with Crippen molar-refractivity contribution in [3.8, 4) is 0 Å². The van der Waals surface area contributed by atoms with E-state index in [4.69, 9.17) is 10.5 Å². The molecule has 5 rings (SSSR count). The summed E-state index contributed by atoms with van der Waals surface area (Å²) in [5.41, 5.74) is 4.42. The number of nitrogens with two attached hydrogens (primary N) is 1. The van der Waals surface area contributed by atoms with Crippen molar-refractivity contribution in [2.24, 2.45) is 11.1 Å². The Labute approximate surface area is 340 Å². The molecule has 18 heteroatoms. The first kappa shape index (κ1) is 43.9. The number of pyridine rings is 1. The summed E-state index contributed by atoms with van der Waals surface area (Å²) in [4.78, 5) is 92.1. The topological polar surface area (TPSA) is 234 Å². The minimum absolute atomic E-state index is 0.0262. The molecule has 1 saturated carbocycles. The number of benzene rings is 2. The maximum atomic E-state index is 15.3. The largest absolute Gasteiger partial charge is 0.477 e. The second kappa shape index (κ2) is 19.5. The second-order valence-corrected chi connectivity index (χ2v) is 15.1. The van der Waals surface area contributed by atoms with Gasteiger partial charge in [-0.3, -0.25) is 19.2 Å². The van der Waals surface area contributed by atoms with Crippen LogP contribution in [0.25, 0.3) is 10.9 Å². The van der Waals surface area contributed by atoms with Gasteiger partial charge in [0.25, 0.3) is 0 Å². The monoisotopic (exact) mass is 820 g/mol. The maximum absolute atomic E-state index is 15.3. The summed E-state index contributed by atoms with van der Waals surface area (Å²) < 4.78 is 22.5. The van der Waals surface area contributed by atoms with E-state index in [9.17, 15) is 38.7 Å². The molecule has 0 spiro atoms. The van der Waals surface area contributed by atoms with E-state index in [1.165, 1.54) is 17.2 Å². The van der Waals surface area contributed by atoms with Crippen LogP contribution >= 0.6 is 0 Å². The van der Waals surface area contributed by atoms with E-state index < -0.39 is 58.2 Å². The Hall–Kier alpha value is -6.20.